The quantitative estimate of drug-likeness (QED) is 0.0525. The first-order valence-electron chi connectivity index (χ1n) is 21.9. The van der Waals surface area contributed by atoms with E-state index in [0.29, 0.717) is 89.4 Å². The second-order valence-electron chi connectivity index (χ2n) is 18.4. The predicted molar refractivity (Wildman–Crippen MR) is 222 cm³/mol. The number of ketones is 4. The molecule has 1 aliphatic rings. The summed E-state index contributed by atoms with van der Waals surface area (Å²) in [5.41, 5.74) is -0.147. The molecule has 0 aromatic heterocycles. The van der Waals surface area contributed by atoms with E-state index >= 15 is 0 Å². The topological polar surface area (TPSA) is 105 Å². The zero-order chi connectivity index (χ0) is 41.2. The molecule has 0 radical (unpaired) electrons. The molecular weight excluding hydrogens is 680 g/mol. The van der Waals surface area contributed by atoms with Gasteiger partial charge in [0.25, 0.3) is 0 Å². The number of Topliss-reactive ketones (excluding diaryl/α,β-unsaturated/α-hetero) is 4. The lowest BCUT2D eigenvalue weighted by Gasteiger charge is -2.41. The van der Waals surface area contributed by atoms with E-state index in [4.69, 9.17) is 18.9 Å². The maximum atomic E-state index is 12.0. The summed E-state index contributed by atoms with van der Waals surface area (Å²) in [6.45, 7) is 27.4. The third-order valence-electron chi connectivity index (χ3n) is 10.6. The van der Waals surface area contributed by atoms with Crippen LogP contribution in [0.15, 0.2) is 0 Å². The Labute approximate surface area is 332 Å². The van der Waals surface area contributed by atoms with Crippen molar-refractivity contribution in [1.82, 2.24) is 0 Å². The van der Waals surface area contributed by atoms with E-state index in [1.807, 2.05) is 34.6 Å². The van der Waals surface area contributed by atoms with Crippen LogP contribution in [-0.2, 0) is 38.1 Å². The minimum absolute atomic E-state index is 0.0594. The summed E-state index contributed by atoms with van der Waals surface area (Å²) in [6, 6.07) is 0. The van der Waals surface area contributed by atoms with E-state index in [9.17, 15) is 19.2 Å². The molecule has 8 heteroatoms. The highest BCUT2D eigenvalue weighted by Crippen LogP contribution is 2.36. The smallest absolute Gasteiger partial charge is 0.170 e. The summed E-state index contributed by atoms with van der Waals surface area (Å²) in [5.74, 6) is 1.39. The summed E-state index contributed by atoms with van der Waals surface area (Å²) in [4.78, 5) is 47.2. The molecule has 1 aliphatic carbocycles. The number of rotatable bonds is 30. The van der Waals surface area contributed by atoms with Gasteiger partial charge in [-0.3, -0.25) is 19.2 Å². The van der Waals surface area contributed by atoms with Crippen molar-refractivity contribution in [2.45, 2.75) is 217 Å². The second-order valence-corrected chi connectivity index (χ2v) is 18.4. The van der Waals surface area contributed by atoms with Crippen LogP contribution < -0.4 is 0 Å². The molecule has 0 heterocycles. The van der Waals surface area contributed by atoms with Crippen LogP contribution in [0.3, 0.4) is 0 Å². The summed E-state index contributed by atoms with van der Waals surface area (Å²) in [6.07, 6.45) is 15.8. The molecule has 0 spiro atoms. The van der Waals surface area contributed by atoms with Gasteiger partial charge in [-0.05, 0) is 83.0 Å². The third-order valence-corrected chi connectivity index (χ3v) is 10.6. The van der Waals surface area contributed by atoms with Crippen LogP contribution in [0.2, 0.25) is 0 Å². The van der Waals surface area contributed by atoms with E-state index < -0.39 is 11.6 Å². The standard InChI is InChI=1S/C23H42O4.C23H44O4/c1-19(2)11-9-17-26-23(15-6-5-7-16-23)27-18-10-13-21(24)12-8-14-22(25)20(3)4;1-18(2)12-10-16-26-23(8,22(5,6)7)27-17-11-14-20(24)13-9-15-21(25)19(3)4/h19-20H,5-18H2,1-4H3;18-19H,9-17H2,1-8H3. The van der Waals surface area contributed by atoms with Crippen molar-refractivity contribution in [1.29, 1.82) is 0 Å². The Morgan fingerprint density at radius 1 is 0.500 bits per heavy atom. The lowest BCUT2D eigenvalue weighted by Crippen LogP contribution is -2.45. The molecular formula is C46H86O8. The van der Waals surface area contributed by atoms with Crippen LogP contribution in [0.25, 0.3) is 0 Å². The van der Waals surface area contributed by atoms with Crippen LogP contribution in [0, 0.1) is 29.1 Å². The van der Waals surface area contributed by atoms with Gasteiger partial charge in [0.15, 0.2) is 11.6 Å². The van der Waals surface area contributed by atoms with E-state index in [1.54, 1.807) is 0 Å². The van der Waals surface area contributed by atoms with Crippen molar-refractivity contribution >= 4 is 23.1 Å². The zero-order valence-corrected chi connectivity index (χ0v) is 37.3. The van der Waals surface area contributed by atoms with Gasteiger partial charge in [-0.2, -0.15) is 0 Å². The Morgan fingerprint density at radius 3 is 1.28 bits per heavy atom. The molecule has 0 aromatic rings. The first-order valence-corrected chi connectivity index (χ1v) is 21.9. The van der Waals surface area contributed by atoms with Gasteiger partial charge in [0, 0.05) is 68.6 Å². The fourth-order valence-corrected chi connectivity index (χ4v) is 6.21. The second kappa shape index (κ2) is 28.8. The van der Waals surface area contributed by atoms with Gasteiger partial charge < -0.3 is 18.9 Å². The van der Waals surface area contributed by atoms with Gasteiger partial charge in [-0.15, -0.1) is 0 Å². The minimum Gasteiger partial charge on any atom is -0.350 e. The van der Waals surface area contributed by atoms with Crippen molar-refractivity contribution in [2.24, 2.45) is 29.1 Å². The molecule has 8 nitrogen and oxygen atoms in total. The molecule has 1 unspecified atom stereocenters. The number of hydrogen-bond donors (Lipinski definition) is 0. The van der Waals surface area contributed by atoms with Gasteiger partial charge in [0.2, 0.25) is 0 Å². The highest BCUT2D eigenvalue weighted by Gasteiger charge is 2.39. The largest absolute Gasteiger partial charge is 0.350 e. The number of carbonyl (C=O) groups excluding carboxylic acids is 4. The number of ether oxygens (including phenoxy) is 4. The molecule has 0 amide bonds. The molecule has 1 atom stereocenters. The monoisotopic (exact) mass is 767 g/mol. The van der Waals surface area contributed by atoms with Crippen molar-refractivity contribution in [3.63, 3.8) is 0 Å². The maximum Gasteiger partial charge on any atom is 0.170 e. The normalized spacial score (nSPS) is 15.7. The Kier molecular flexibility index (Phi) is 28.1. The van der Waals surface area contributed by atoms with Crippen LogP contribution in [0.4, 0.5) is 0 Å². The van der Waals surface area contributed by atoms with Gasteiger partial charge in [-0.1, -0.05) is 82.6 Å². The van der Waals surface area contributed by atoms with Crippen molar-refractivity contribution < 1.29 is 38.1 Å². The maximum absolute atomic E-state index is 12.0. The van der Waals surface area contributed by atoms with Crippen LogP contribution in [0.1, 0.15) is 205 Å². The van der Waals surface area contributed by atoms with E-state index in [2.05, 4.69) is 48.5 Å². The fraction of sp³-hybridized carbons (Fsp3) is 0.913. The number of hydrogen-bond acceptors (Lipinski definition) is 8. The summed E-state index contributed by atoms with van der Waals surface area (Å²) < 4.78 is 24.6. The molecule has 0 aromatic carbocycles. The lowest BCUT2D eigenvalue weighted by molar-refractivity contribution is -0.278. The Morgan fingerprint density at radius 2 is 0.870 bits per heavy atom. The highest BCUT2D eigenvalue weighted by atomic mass is 16.7. The first-order chi connectivity index (χ1) is 25.2. The molecule has 0 aliphatic heterocycles. The highest BCUT2D eigenvalue weighted by molar-refractivity contribution is 5.82. The minimum atomic E-state index is -0.656. The average molecular weight is 767 g/mol. The van der Waals surface area contributed by atoms with E-state index in [-0.39, 0.29) is 40.4 Å². The van der Waals surface area contributed by atoms with Crippen molar-refractivity contribution in [3.8, 4) is 0 Å². The van der Waals surface area contributed by atoms with Gasteiger partial charge in [0.05, 0.1) is 26.4 Å². The molecule has 54 heavy (non-hydrogen) atoms. The summed E-state index contributed by atoms with van der Waals surface area (Å²) >= 11 is 0. The molecule has 318 valence electrons. The Balaban J connectivity index is 0.00000104. The van der Waals surface area contributed by atoms with Gasteiger partial charge >= 0.3 is 0 Å². The van der Waals surface area contributed by atoms with E-state index in [0.717, 1.165) is 58.0 Å². The SMILES string of the molecule is CC(C)CCCOC(C)(OCCCC(=O)CCCC(=O)C(C)C)C(C)(C)C.CC(C)CCCOC1(OCCCC(=O)CCCC(=O)C(C)C)CCCCC1. The third kappa shape index (κ3) is 25.6. The zero-order valence-electron chi connectivity index (χ0n) is 37.3. The molecule has 1 fully saturated rings. The van der Waals surface area contributed by atoms with Crippen LogP contribution in [-0.4, -0.2) is 61.1 Å². The van der Waals surface area contributed by atoms with Crippen LogP contribution >= 0.6 is 0 Å². The van der Waals surface area contributed by atoms with E-state index in [1.165, 1.54) is 12.8 Å². The van der Waals surface area contributed by atoms with Gasteiger partial charge in [0.1, 0.15) is 23.1 Å². The summed E-state index contributed by atoms with van der Waals surface area (Å²) in [7, 11) is 0. The van der Waals surface area contributed by atoms with Crippen LogP contribution in [0.5, 0.6) is 0 Å². The molecule has 1 rings (SSSR count). The lowest BCUT2D eigenvalue weighted by atomic mass is 9.86. The Bertz CT molecular complexity index is 1020. The van der Waals surface area contributed by atoms with Crippen molar-refractivity contribution in [3.05, 3.63) is 0 Å². The summed E-state index contributed by atoms with van der Waals surface area (Å²) in [5, 5.41) is 0. The van der Waals surface area contributed by atoms with Crippen molar-refractivity contribution in [2.75, 3.05) is 26.4 Å². The molecule has 0 bridgehead atoms. The molecule has 0 N–H and O–H groups in total. The first kappa shape index (κ1) is 52.5. The van der Waals surface area contributed by atoms with Gasteiger partial charge in [-0.25, -0.2) is 0 Å². The molecule has 1 saturated carbocycles. The predicted octanol–water partition coefficient (Wildman–Crippen LogP) is 11.8. The Hall–Kier alpha value is -1.48. The number of carbonyl (C=O) groups is 4. The molecule has 0 saturated heterocycles. The fourth-order valence-electron chi connectivity index (χ4n) is 6.21. The average Bonchev–Trinajstić information content (AvgIpc) is 3.09.